The predicted octanol–water partition coefficient (Wildman–Crippen LogP) is 3.36. The molecule has 2 rings (SSSR count). The van der Waals surface area contributed by atoms with E-state index in [-0.39, 0.29) is 23.8 Å². The van der Waals surface area contributed by atoms with Crippen LogP contribution < -0.4 is 0 Å². The zero-order valence-corrected chi connectivity index (χ0v) is 12.5. The molecule has 0 amide bonds. The van der Waals surface area contributed by atoms with Crippen molar-refractivity contribution in [2.45, 2.75) is 83.4 Å². The summed E-state index contributed by atoms with van der Waals surface area (Å²) in [7, 11) is -0.212. The highest BCUT2D eigenvalue weighted by Crippen LogP contribution is 2.44. The molecule has 2 aliphatic rings. The Morgan fingerprint density at radius 2 is 1.67 bits per heavy atom. The second kappa shape index (κ2) is 4.80. The van der Waals surface area contributed by atoms with Crippen LogP contribution in [0.1, 0.15) is 66.7 Å². The van der Waals surface area contributed by atoms with Crippen LogP contribution in [0.4, 0.5) is 0 Å². The van der Waals surface area contributed by atoms with E-state index in [9.17, 15) is 0 Å². The molecule has 2 saturated heterocycles. The van der Waals surface area contributed by atoms with Crippen LogP contribution in [0.15, 0.2) is 0 Å². The molecule has 0 saturated carbocycles. The molecule has 18 heavy (non-hydrogen) atoms. The van der Waals surface area contributed by atoms with Crippen LogP contribution >= 0.6 is 0 Å². The SMILES string of the molecule is CCCCC1(B2OC(C)(C)C(C)(C)O2)CCCO1. The van der Waals surface area contributed by atoms with E-state index in [1.807, 2.05) is 0 Å². The van der Waals surface area contributed by atoms with Crippen molar-refractivity contribution in [3.8, 4) is 0 Å². The van der Waals surface area contributed by atoms with Crippen LogP contribution in [0, 0.1) is 0 Å². The topological polar surface area (TPSA) is 27.7 Å². The predicted molar refractivity (Wildman–Crippen MR) is 73.5 cm³/mol. The van der Waals surface area contributed by atoms with Crippen LogP contribution in [0.2, 0.25) is 0 Å². The molecule has 0 bridgehead atoms. The van der Waals surface area contributed by atoms with Crippen molar-refractivity contribution in [3.05, 3.63) is 0 Å². The summed E-state index contributed by atoms with van der Waals surface area (Å²) < 4.78 is 18.5. The smallest absolute Gasteiger partial charge is 0.401 e. The molecule has 1 unspecified atom stereocenters. The quantitative estimate of drug-likeness (QED) is 0.720. The molecule has 0 aliphatic carbocycles. The fraction of sp³-hybridized carbons (Fsp3) is 1.00. The van der Waals surface area contributed by atoms with Crippen LogP contribution in [0.25, 0.3) is 0 Å². The molecule has 0 N–H and O–H groups in total. The Hall–Kier alpha value is -0.0551. The van der Waals surface area contributed by atoms with Crippen LogP contribution in [0.5, 0.6) is 0 Å². The van der Waals surface area contributed by atoms with E-state index in [1.54, 1.807) is 0 Å². The third-order valence-electron chi connectivity index (χ3n) is 4.77. The molecule has 104 valence electrons. The van der Waals surface area contributed by atoms with Gasteiger partial charge in [-0.3, -0.25) is 0 Å². The molecule has 0 aromatic rings. The molecule has 2 aliphatic heterocycles. The van der Waals surface area contributed by atoms with Crippen molar-refractivity contribution >= 4 is 7.12 Å². The minimum absolute atomic E-state index is 0.207. The van der Waals surface area contributed by atoms with Crippen molar-refractivity contribution in [3.63, 3.8) is 0 Å². The van der Waals surface area contributed by atoms with Gasteiger partial charge in [0, 0.05) is 6.61 Å². The van der Waals surface area contributed by atoms with Crippen LogP contribution in [-0.4, -0.2) is 30.4 Å². The summed E-state index contributed by atoms with van der Waals surface area (Å²) in [6, 6.07) is 0. The van der Waals surface area contributed by atoms with Gasteiger partial charge in [-0.2, -0.15) is 0 Å². The van der Waals surface area contributed by atoms with Crippen molar-refractivity contribution < 1.29 is 14.0 Å². The van der Waals surface area contributed by atoms with Gasteiger partial charge in [-0.25, -0.2) is 0 Å². The Morgan fingerprint density at radius 1 is 1.06 bits per heavy atom. The second-order valence-electron chi connectivity index (χ2n) is 6.71. The Labute approximate surface area is 112 Å². The molecule has 1 atom stereocenters. The van der Waals surface area contributed by atoms with E-state index >= 15 is 0 Å². The first-order valence-electron chi connectivity index (χ1n) is 7.33. The minimum atomic E-state index is -0.261. The van der Waals surface area contributed by atoms with Crippen molar-refractivity contribution in [1.29, 1.82) is 0 Å². The molecule has 0 spiro atoms. The van der Waals surface area contributed by atoms with Gasteiger partial charge in [-0.05, 0) is 47.0 Å². The van der Waals surface area contributed by atoms with Crippen LogP contribution in [-0.2, 0) is 14.0 Å². The largest absolute Gasteiger partial charge is 0.492 e. The highest BCUT2D eigenvalue weighted by atomic mass is 16.7. The maximum absolute atomic E-state index is 6.20. The van der Waals surface area contributed by atoms with Gasteiger partial charge in [0.2, 0.25) is 0 Å². The molecular formula is C14H27BO3. The summed E-state index contributed by atoms with van der Waals surface area (Å²) in [5, 5.41) is 0. The van der Waals surface area contributed by atoms with E-state index < -0.39 is 0 Å². The standard InChI is InChI=1S/C14H27BO3/c1-6-7-9-14(10-8-11-16-14)15-17-12(2,3)13(4,5)18-15/h6-11H2,1-5H3. The monoisotopic (exact) mass is 254 g/mol. The molecule has 0 radical (unpaired) electrons. The average molecular weight is 254 g/mol. The summed E-state index contributed by atoms with van der Waals surface area (Å²) in [6.45, 7) is 11.5. The van der Waals surface area contributed by atoms with E-state index in [4.69, 9.17) is 14.0 Å². The summed E-state index contributed by atoms with van der Waals surface area (Å²) in [6.07, 6.45) is 5.58. The van der Waals surface area contributed by atoms with Gasteiger partial charge < -0.3 is 14.0 Å². The zero-order chi connectivity index (χ0) is 13.4. The zero-order valence-electron chi connectivity index (χ0n) is 12.5. The lowest BCUT2D eigenvalue weighted by Gasteiger charge is -2.32. The third kappa shape index (κ3) is 2.35. The van der Waals surface area contributed by atoms with Gasteiger partial charge in [-0.1, -0.05) is 19.8 Å². The lowest BCUT2D eigenvalue weighted by Crippen LogP contribution is -2.48. The average Bonchev–Trinajstić information content (AvgIpc) is 2.81. The Morgan fingerprint density at radius 3 is 2.11 bits per heavy atom. The summed E-state index contributed by atoms with van der Waals surface area (Å²) in [5.41, 5.74) is -0.729. The highest BCUT2D eigenvalue weighted by molar-refractivity contribution is 6.49. The molecular weight excluding hydrogens is 227 g/mol. The fourth-order valence-electron chi connectivity index (χ4n) is 2.75. The van der Waals surface area contributed by atoms with Crippen molar-refractivity contribution in [2.75, 3.05) is 6.61 Å². The first-order chi connectivity index (χ1) is 8.33. The fourth-order valence-corrected chi connectivity index (χ4v) is 2.75. The number of hydrogen-bond acceptors (Lipinski definition) is 3. The maximum Gasteiger partial charge on any atom is 0.492 e. The van der Waals surface area contributed by atoms with Gasteiger partial charge in [-0.15, -0.1) is 0 Å². The van der Waals surface area contributed by atoms with Crippen LogP contribution in [0.3, 0.4) is 0 Å². The van der Waals surface area contributed by atoms with Gasteiger partial charge >= 0.3 is 7.12 Å². The normalized spacial score (nSPS) is 34.2. The summed E-state index contributed by atoms with van der Waals surface area (Å²) in [4.78, 5) is 0. The van der Waals surface area contributed by atoms with Gasteiger partial charge in [0.1, 0.15) is 5.50 Å². The van der Waals surface area contributed by atoms with E-state index in [0.717, 1.165) is 25.9 Å². The summed E-state index contributed by atoms with van der Waals surface area (Å²) in [5.74, 6) is 0. The van der Waals surface area contributed by atoms with E-state index in [1.165, 1.54) is 12.8 Å². The van der Waals surface area contributed by atoms with E-state index in [2.05, 4.69) is 34.6 Å². The first-order valence-corrected chi connectivity index (χ1v) is 7.33. The van der Waals surface area contributed by atoms with Gasteiger partial charge in [0.25, 0.3) is 0 Å². The Kier molecular flexibility index (Phi) is 3.83. The van der Waals surface area contributed by atoms with Gasteiger partial charge in [0.15, 0.2) is 0 Å². The number of unbranched alkanes of at least 4 members (excludes halogenated alkanes) is 1. The molecule has 0 aromatic heterocycles. The Bertz CT molecular complexity index is 279. The highest BCUT2D eigenvalue weighted by Gasteiger charge is 2.60. The minimum Gasteiger partial charge on any atom is -0.401 e. The lowest BCUT2D eigenvalue weighted by molar-refractivity contribution is 0.00578. The van der Waals surface area contributed by atoms with Gasteiger partial charge in [0.05, 0.1) is 11.2 Å². The lowest BCUT2D eigenvalue weighted by atomic mass is 9.63. The third-order valence-corrected chi connectivity index (χ3v) is 4.77. The second-order valence-corrected chi connectivity index (χ2v) is 6.71. The maximum atomic E-state index is 6.20. The molecule has 3 nitrogen and oxygen atoms in total. The number of hydrogen-bond donors (Lipinski definition) is 0. The Balaban J connectivity index is 2.14. The first kappa shape index (κ1) is 14.4. The van der Waals surface area contributed by atoms with Crippen molar-refractivity contribution in [1.82, 2.24) is 0 Å². The van der Waals surface area contributed by atoms with Crippen molar-refractivity contribution in [2.24, 2.45) is 0 Å². The molecule has 4 heteroatoms. The van der Waals surface area contributed by atoms with E-state index in [0.29, 0.717) is 0 Å². The summed E-state index contributed by atoms with van der Waals surface area (Å²) >= 11 is 0. The number of rotatable bonds is 4. The molecule has 0 aromatic carbocycles. The number of ether oxygens (including phenoxy) is 1. The molecule has 2 heterocycles. The molecule has 2 fully saturated rings.